The van der Waals surface area contributed by atoms with Gasteiger partial charge in [-0.2, -0.15) is 0 Å². The van der Waals surface area contributed by atoms with E-state index < -0.39 is 0 Å². The van der Waals surface area contributed by atoms with Crippen LogP contribution in [0.5, 0.6) is 5.75 Å². The first-order valence-corrected chi connectivity index (χ1v) is 7.84. The van der Waals surface area contributed by atoms with Gasteiger partial charge in [-0.3, -0.25) is 0 Å². The first kappa shape index (κ1) is 15.6. The number of nitrogens with one attached hydrogen (secondary N) is 1. The fourth-order valence-electron chi connectivity index (χ4n) is 2.79. The Morgan fingerprint density at radius 2 is 2.25 bits per heavy atom. The van der Waals surface area contributed by atoms with E-state index in [2.05, 4.69) is 23.3 Å². The number of piperidine rings is 1. The van der Waals surface area contributed by atoms with Crippen LogP contribution in [0.2, 0.25) is 5.02 Å². The molecule has 1 saturated heterocycles. The molecule has 0 bridgehead atoms. The van der Waals surface area contributed by atoms with Crippen molar-refractivity contribution < 1.29 is 4.74 Å². The SMILES string of the molecule is CNCc1ccc(OCCC2CCCCN2C)c(Cl)c1. The molecule has 1 aliphatic heterocycles. The summed E-state index contributed by atoms with van der Waals surface area (Å²) in [5, 5.41) is 3.82. The third-order valence-corrected chi connectivity index (χ3v) is 4.30. The number of hydrogen-bond donors (Lipinski definition) is 1. The third-order valence-electron chi connectivity index (χ3n) is 4.01. The zero-order valence-corrected chi connectivity index (χ0v) is 13.2. The second-order valence-corrected chi connectivity index (χ2v) is 5.97. The summed E-state index contributed by atoms with van der Waals surface area (Å²) in [4.78, 5) is 2.45. The van der Waals surface area contributed by atoms with Gasteiger partial charge in [-0.1, -0.05) is 24.1 Å². The second kappa shape index (κ2) is 7.87. The van der Waals surface area contributed by atoms with Crippen molar-refractivity contribution in [1.82, 2.24) is 10.2 Å². The molecule has 0 saturated carbocycles. The van der Waals surface area contributed by atoms with Crippen molar-refractivity contribution >= 4 is 11.6 Å². The van der Waals surface area contributed by atoms with Gasteiger partial charge in [-0.05, 0) is 57.6 Å². The van der Waals surface area contributed by atoms with Crippen molar-refractivity contribution in [3.63, 3.8) is 0 Å². The molecule has 0 spiro atoms. The summed E-state index contributed by atoms with van der Waals surface area (Å²) in [5.41, 5.74) is 1.18. The van der Waals surface area contributed by atoms with Crippen LogP contribution in [-0.4, -0.2) is 38.2 Å². The zero-order chi connectivity index (χ0) is 14.4. The Hall–Kier alpha value is -0.770. The Kier molecular flexibility index (Phi) is 6.14. The average Bonchev–Trinajstić information content (AvgIpc) is 2.43. The molecule has 3 nitrogen and oxygen atoms in total. The van der Waals surface area contributed by atoms with E-state index in [0.717, 1.165) is 25.3 Å². The smallest absolute Gasteiger partial charge is 0.137 e. The predicted octanol–water partition coefficient (Wildman–Crippen LogP) is 3.31. The summed E-state index contributed by atoms with van der Waals surface area (Å²) in [5.74, 6) is 0.796. The van der Waals surface area contributed by atoms with E-state index in [1.807, 2.05) is 19.2 Å². The van der Waals surface area contributed by atoms with E-state index >= 15 is 0 Å². The summed E-state index contributed by atoms with van der Waals surface area (Å²) in [6.45, 7) is 2.77. The molecule has 1 aromatic carbocycles. The van der Waals surface area contributed by atoms with Gasteiger partial charge in [0.15, 0.2) is 0 Å². The molecule has 0 amide bonds. The van der Waals surface area contributed by atoms with Crippen LogP contribution in [-0.2, 0) is 6.54 Å². The van der Waals surface area contributed by atoms with E-state index in [9.17, 15) is 0 Å². The highest BCUT2D eigenvalue weighted by Gasteiger charge is 2.18. The highest BCUT2D eigenvalue weighted by atomic mass is 35.5. The highest BCUT2D eigenvalue weighted by molar-refractivity contribution is 6.32. The Morgan fingerprint density at radius 1 is 1.40 bits per heavy atom. The minimum atomic E-state index is 0.658. The van der Waals surface area contributed by atoms with Crippen molar-refractivity contribution in [2.45, 2.75) is 38.3 Å². The van der Waals surface area contributed by atoms with Gasteiger partial charge in [-0.25, -0.2) is 0 Å². The van der Waals surface area contributed by atoms with E-state index in [4.69, 9.17) is 16.3 Å². The summed E-state index contributed by atoms with van der Waals surface area (Å²) >= 11 is 6.25. The van der Waals surface area contributed by atoms with Gasteiger partial charge in [0.2, 0.25) is 0 Å². The van der Waals surface area contributed by atoms with Crippen LogP contribution in [0.3, 0.4) is 0 Å². The quantitative estimate of drug-likeness (QED) is 0.871. The van der Waals surface area contributed by atoms with Crippen molar-refractivity contribution in [2.75, 3.05) is 27.2 Å². The molecule has 0 aliphatic carbocycles. The van der Waals surface area contributed by atoms with Crippen LogP contribution < -0.4 is 10.1 Å². The van der Waals surface area contributed by atoms with E-state index in [1.165, 1.54) is 31.4 Å². The molecule has 1 N–H and O–H groups in total. The van der Waals surface area contributed by atoms with Crippen molar-refractivity contribution in [1.29, 1.82) is 0 Å². The molecule has 1 unspecified atom stereocenters. The standard InChI is InChI=1S/C16H25ClN2O/c1-18-12-13-6-7-16(15(17)11-13)20-10-8-14-5-3-4-9-19(14)2/h6-7,11,14,18H,3-5,8-10,12H2,1-2H3. The zero-order valence-electron chi connectivity index (χ0n) is 12.5. The monoisotopic (exact) mass is 296 g/mol. The molecule has 20 heavy (non-hydrogen) atoms. The second-order valence-electron chi connectivity index (χ2n) is 5.56. The molecule has 1 fully saturated rings. The maximum absolute atomic E-state index is 6.25. The number of likely N-dealkylation sites (tertiary alicyclic amines) is 1. The average molecular weight is 297 g/mol. The Labute approximate surface area is 127 Å². The summed E-state index contributed by atoms with van der Waals surface area (Å²) < 4.78 is 5.84. The van der Waals surface area contributed by atoms with Gasteiger partial charge in [0, 0.05) is 12.6 Å². The van der Waals surface area contributed by atoms with Gasteiger partial charge >= 0.3 is 0 Å². The maximum Gasteiger partial charge on any atom is 0.137 e. The molecule has 112 valence electrons. The summed E-state index contributed by atoms with van der Waals surface area (Å²) in [6, 6.07) is 6.66. The lowest BCUT2D eigenvalue weighted by Crippen LogP contribution is -2.37. The first-order chi connectivity index (χ1) is 9.70. The molecule has 1 aliphatic rings. The number of nitrogens with zero attached hydrogens (tertiary/aromatic N) is 1. The largest absolute Gasteiger partial charge is 0.492 e. The van der Waals surface area contributed by atoms with Gasteiger partial charge in [-0.15, -0.1) is 0 Å². The van der Waals surface area contributed by atoms with Crippen LogP contribution in [0.25, 0.3) is 0 Å². The van der Waals surface area contributed by atoms with E-state index in [-0.39, 0.29) is 0 Å². The molecule has 2 rings (SSSR count). The third kappa shape index (κ3) is 4.37. The molecule has 4 heteroatoms. The van der Waals surface area contributed by atoms with Crippen LogP contribution in [0.4, 0.5) is 0 Å². The number of benzene rings is 1. The fraction of sp³-hybridized carbons (Fsp3) is 0.625. The Bertz CT molecular complexity index is 425. The predicted molar refractivity (Wildman–Crippen MR) is 84.6 cm³/mol. The molecular weight excluding hydrogens is 272 g/mol. The molecular formula is C16H25ClN2O. The number of halogens is 1. The van der Waals surface area contributed by atoms with Crippen molar-refractivity contribution in [3.8, 4) is 5.75 Å². The summed E-state index contributed by atoms with van der Waals surface area (Å²) in [7, 11) is 4.14. The normalized spacial score (nSPS) is 20.1. The van der Waals surface area contributed by atoms with E-state index in [1.54, 1.807) is 0 Å². The van der Waals surface area contributed by atoms with Crippen LogP contribution in [0.1, 0.15) is 31.2 Å². The lowest BCUT2D eigenvalue weighted by atomic mass is 10.0. The summed E-state index contributed by atoms with van der Waals surface area (Å²) in [6.07, 6.45) is 5.03. The topological polar surface area (TPSA) is 24.5 Å². The number of rotatable bonds is 6. The van der Waals surface area contributed by atoms with Crippen LogP contribution >= 0.6 is 11.6 Å². The maximum atomic E-state index is 6.25. The lowest BCUT2D eigenvalue weighted by Gasteiger charge is -2.32. The lowest BCUT2D eigenvalue weighted by molar-refractivity contribution is 0.153. The Morgan fingerprint density at radius 3 is 2.95 bits per heavy atom. The molecule has 1 atom stereocenters. The number of hydrogen-bond acceptors (Lipinski definition) is 3. The minimum absolute atomic E-state index is 0.658. The Balaban J connectivity index is 1.81. The first-order valence-electron chi connectivity index (χ1n) is 7.47. The minimum Gasteiger partial charge on any atom is -0.492 e. The van der Waals surface area contributed by atoms with Gasteiger partial charge in [0.25, 0.3) is 0 Å². The van der Waals surface area contributed by atoms with Crippen LogP contribution in [0, 0.1) is 0 Å². The van der Waals surface area contributed by atoms with Crippen molar-refractivity contribution in [2.24, 2.45) is 0 Å². The van der Waals surface area contributed by atoms with Gasteiger partial charge in [0.1, 0.15) is 5.75 Å². The molecule has 0 aromatic heterocycles. The van der Waals surface area contributed by atoms with Gasteiger partial charge < -0.3 is 15.0 Å². The van der Waals surface area contributed by atoms with Crippen molar-refractivity contribution in [3.05, 3.63) is 28.8 Å². The number of ether oxygens (including phenoxy) is 1. The van der Waals surface area contributed by atoms with Crippen LogP contribution in [0.15, 0.2) is 18.2 Å². The molecule has 1 aromatic rings. The molecule has 0 radical (unpaired) electrons. The highest BCUT2D eigenvalue weighted by Crippen LogP contribution is 2.26. The van der Waals surface area contributed by atoms with Gasteiger partial charge in [0.05, 0.1) is 11.6 Å². The molecule has 1 heterocycles. The fourth-order valence-corrected chi connectivity index (χ4v) is 3.05. The van der Waals surface area contributed by atoms with E-state index in [0.29, 0.717) is 11.1 Å².